The van der Waals surface area contributed by atoms with Crippen molar-refractivity contribution < 1.29 is 28.7 Å². The molecule has 0 radical (unpaired) electrons. The Balaban J connectivity index is 1.65. The summed E-state index contributed by atoms with van der Waals surface area (Å²) < 4.78 is 10.1. The van der Waals surface area contributed by atoms with Gasteiger partial charge in [-0.15, -0.1) is 0 Å². The maximum absolute atomic E-state index is 12.1. The number of hydrogen-bond acceptors (Lipinski definition) is 6. The maximum Gasteiger partial charge on any atom is 0.338 e. The minimum atomic E-state index is -0.546. The molecule has 34 heavy (non-hydrogen) atoms. The van der Waals surface area contributed by atoms with E-state index in [0.717, 1.165) is 24.0 Å². The number of anilines is 2. The molecule has 0 aliphatic heterocycles. The Morgan fingerprint density at radius 2 is 1.56 bits per heavy atom. The van der Waals surface area contributed by atoms with E-state index < -0.39 is 17.8 Å². The number of aryl methyl sites for hydroxylation is 2. The van der Waals surface area contributed by atoms with Crippen LogP contribution in [-0.2, 0) is 23.9 Å². The zero-order chi connectivity index (χ0) is 24.9. The van der Waals surface area contributed by atoms with E-state index in [9.17, 15) is 19.2 Å². The highest BCUT2D eigenvalue weighted by Crippen LogP contribution is 2.16. The first-order valence-corrected chi connectivity index (χ1v) is 11.4. The molecule has 0 aromatic heterocycles. The van der Waals surface area contributed by atoms with Crippen molar-refractivity contribution in [2.45, 2.75) is 52.9 Å². The molecule has 0 aliphatic carbocycles. The summed E-state index contributed by atoms with van der Waals surface area (Å²) in [7, 11) is 0. The van der Waals surface area contributed by atoms with Gasteiger partial charge in [-0.3, -0.25) is 14.4 Å². The molecule has 182 valence electrons. The van der Waals surface area contributed by atoms with Crippen molar-refractivity contribution in [3.8, 4) is 0 Å². The smallest absolute Gasteiger partial charge is 0.338 e. The van der Waals surface area contributed by atoms with Crippen LogP contribution in [0.25, 0.3) is 0 Å². The average Bonchev–Trinajstić information content (AvgIpc) is 2.80. The van der Waals surface area contributed by atoms with Crippen LogP contribution in [0.5, 0.6) is 0 Å². The van der Waals surface area contributed by atoms with Crippen LogP contribution in [0.3, 0.4) is 0 Å². The molecule has 0 saturated heterocycles. The molecule has 0 saturated carbocycles. The van der Waals surface area contributed by atoms with E-state index in [1.54, 1.807) is 24.3 Å². The molecule has 0 bridgehead atoms. The number of carbonyl (C=O) groups excluding carboxylic acids is 4. The first kappa shape index (κ1) is 26.6. The number of carbonyl (C=O) groups is 4. The van der Waals surface area contributed by atoms with Gasteiger partial charge in [-0.2, -0.15) is 0 Å². The van der Waals surface area contributed by atoms with E-state index in [1.807, 2.05) is 39.0 Å². The fourth-order valence-corrected chi connectivity index (χ4v) is 2.97. The van der Waals surface area contributed by atoms with Gasteiger partial charge in [-0.05, 0) is 68.1 Å². The van der Waals surface area contributed by atoms with Gasteiger partial charge in [0.25, 0.3) is 5.91 Å². The number of nitrogens with one attached hydrogen (secondary N) is 2. The molecular formula is C26H32N2O6. The van der Waals surface area contributed by atoms with Crippen LogP contribution in [0, 0.1) is 13.8 Å². The van der Waals surface area contributed by atoms with Gasteiger partial charge in [-0.1, -0.05) is 25.5 Å². The van der Waals surface area contributed by atoms with Crippen LogP contribution < -0.4 is 10.6 Å². The maximum atomic E-state index is 12.1. The number of hydrogen-bond donors (Lipinski definition) is 2. The molecule has 0 aliphatic rings. The molecule has 0 heterocycles. The largest absolute Gasteiger partial charge is 0.462 e. The minimum Gasteiger partial charge on any atom is -0.462 e. The fraction of sp³-hybridized carbons (Fsp3) is 0.385. The molecular weight excluding hydrogens is 436 g/mol. The molecule has 8 nitrogen and oxygen atoms in total. The van der Waals surface area contributed by atoms with Crippen molar-refractivity contribution in [1.29, 1.82) is 0 Å². The van der Waals surface area contributed by atoms with Crippen LogP contribution in [0.2, 0.25) is 0 Å². The predicted molar refractivity (Wildman–Crippen MR) is 130 cm³/mol. The average molecular weight is 469 g/mol. The molecule has 2 N–H and O–H groups in total. The second-order valence-electron chi connectivity index (χ2n) is 8.00. The zero-order valence-electron chi connectivity index (χ0n) is 19.9. The van der Waals surface area contributed by atoms with E-state index in [-0.39, 0.29) is 31.8 Å². The molecule has 0 spiro atoms. The van der Waals surface area contributed by atoms with E-state index >= 15 is 0 Å². The summed E-state index contributed by atoms with van der Waals surface area (Å²) in [6.07, 6.45) is 2.18. The first-order valence-electron chi connectivity index (χ1n) is 11.4. The quantitative estimate of drug-likeness (QED) is 0.349. The standard InChI is InChI=1S/C26H32N2O6/c1-4-5-15-33-26(32)20-11-13-21(14-12-20)27-23(29)7-6-8-25(31)34-17-24(30)28-22-16-18(2)9-10-19(22)3/h9-14,16H,4-8,15,17H2,1-3H3,(H,27,29)(H,28,30). The summed E-state index contributed by atoms with van der Waals surface area (Å²) in [5.41, 5.74) is 3.56. The number of ether oxygens (including phenoxy) is 2. The van der Waals surface area contributed by atoms with Gasteiger partial charge in [0.15, 0.2) is 6.61 Å². The number of amides is 2. The second kappa shape index (κ2) is 13.8. The van der Waals surface area contributed by atoms with Gasteiger partial charge in [0.05, 0.1) is 12.2 Å². The monoisotopic (exact) mass is 468 g/mol. The Bertz CT molecular complexity index is 1000. The summed E-state index contributed by atoms with van der Waals surface area (Å²) in [5, 5.41) is 5.44. The van der Waals surface area contributed by atoms with Crippen molar-refractivity contribution in [3.63, 3.8) is 0 Å². The van der Waals surface area contributed by atoms with Crippen LogP contribution in [0.1, 0.15) is 60.5 Å². The molecule has 0 unspecified atom stereocenters. The molecule has 2 rings (SSSR count). The van der Waals surface area contributed by atoms with Gasteiger partial charge < -0.3 is 20.1 Å². The normalized spacial score (nSPS) is 10.3. The van der Waals surface area contributed by atoms with Gasteiger partial charge >= 0.3 is 11.9 Å². The zero-order valence-corrected chi connectivity index (χ0v) is 19.9. The molecule has 2 aromatic rings. The number of benzene rings is 2. The highest BCUT2D eigenvalue weighted by atomic mass is 16.5. The van der Waals surface area contributed by atoms with Gasteiger partial charge in [0.2, 0.25) is 5.91 Å². The lowest BCUT2D eigenvalue weighted by molar-refractivity contribution is -0.147. The topological polar surface area (TPSA) is 111 Å². The van der Waals surface area contributed by atoms with Crippen molar-refractivity contribution in [2.75, 3.05) is 23.8 Å². The molecule has 2 amide bonds. The highest BCUT2D eigenvalue weighted by molar-refractivity contribution is 5.94. The first-order chi connectivity index (χ1) is 16.3. The van der Waals surface area contributed by atoms with Gasteiger partial charge in [-0.25, -0.2) is 4.79 Å². The summed E-state index contributed by atoms with van der Waals surface area (Å²) >= 11 is 0. The SMILES string of the molecule is CCCCOC(=O)c1ccc(NC(=O)CCCC(=O)OCC(=O)Nc2cc(C)ccc2C)cc1. The second-order valence-corrected chi connectivity index (χ2v) is 8.00. The number of esters is 2. The predicted octanol–water partition coefficient (Wildman–Crippen LogP) is 4.55. The van der Waals surface area contributed by atoms with E-state index in [2.05, 4.69) is 10.6 Å². The van der Waals surface area contributed by atoms with Crippen molar-refractivity contribution in [2.24, 2.45) is 0 Å². The van der Waals surface area contributed by atoms with Crippen LogP contribution >= 0.6 is 0 Å². The van der Waals surface area contributed by atoms with Crippen molar-refractivity contribution >= 4 is 35.1 Å². The summed E-state index contributed by atoms with van der Waals surface area (Å²) in [5.74, 6) is -1.63. The summed E-state index contributed by atoms with van der Waals surface area (Å²) in [6, 6.07) is 12.1. The lowest BCUT2D eigenvalue weighted by Gasteiger charge is -2.10. The summed E-state index contributed by atoms with van der Waals surface area (Å²) in [6.45, 7) is 5.81. The summed E-state index contributed by atoms with van der Waals surface area (Å²) in [4.78, 5) is 47.9. The Kier molecular flexibility index (Phi) is 10.8. The Morgan fingerprint density at radius 1 is 0.824 bits per heavy atom. The van der Waals surface area contributed by atoms with Gasteiger partial charge in [0, 0.05) is 24.2 Å². The molecule has 0 fully saturated rings. The lowest BCUT2D eigenvalue weighted by Crippen LogP contribution is -2.21. The third-order valence-corrected chi connectivity index (χ3v) is 4.95. The van der Waals surface area contributed by atoms with Crippen LogP contribution in [-0.4, -0.2) is 37.0 Å². The Labute approximate surface area is 200 Å². The van der Waals surface area contributed by atoms with Gasteiger partial charge in [0.1, 0.15) is 0 Å². The highest BCUT2D eigenvalue weighted by Gasteiger charge is 2.11. The van der Waals surface area contributed by atoms with E-state index in [1.165, 1.54) is 0 Å². The third-order valence-electron chi connectivity index (χ3n) is 4.95. The number of unbranched alkanes of at least 4 members (excludes halogenated alkanes) is 1. The molecule has 0 atom stereocenters. The molecule has 2 aromatic carbocycles. The van der Waals surface area contributed by atoms with Crippen molar-refractivity contribution in [3.05, 3.63) is 59.2 Å². The Hall–Kier alpha value is -3.68. The van der Waals surface area contributed by atoms with Crippen LogP contribution in [0.15, 0.2) is 42.5 Å². The number of rotatable bonds is 12. The fourth-order valence-electron chi connectivity index (χ4n) is 2.97. The molecule has 8 heteroatoms. The van der Waals surface area contributed by atoms with E-state index in [4.69, 9.17) is 9.47 Å². The minimum absolute atomic E-state index is 0.0205. The van der Waals surface area contributed by atoms with Crippen molar-refractivity contribution in [1.82, 2.24) is 0 Å². The van der Waals surface area contributed by atoms with Crippen LogP contribution in [0.4, 0.5) is 11.4 Å². The Morgan fingerprint density at radius 3 is 2.26 bits per heavy atom. The third kappa shape index (κ3) is 9.44. The lowest BCUT2D eigenvalue weighted by atomic mass is 10.1. The van der Waals surface area contributed by atoms with E-state index in [0.29, 0.717) is 23.5 Å².